The number of aromatic carboxylic acids is 1. The summed E-state index contributed by atoms with van der Waals surface area (Å²) in [6, 6.07) is 17.8. The quantitative estimate of drug-likeness (QED) is 0.590. The maximum atomic E-state index is 12.5. The second-order valence-electron chi connectivity index (χ2n) is 6.33. The van der Waals surface area contributed by atoms with Crippen LogP contribution in [0.2, 0.25) is 5.02 Å². The molecule has 0 unspecified atom stereocenters. The van der Waals surface area contributed by atoms with Gasteiger partial charge in [-0.1, -0.05) is 54.1 Å². The zero-order valence-electron chi connectivity index (χ0n) is 15.8. The summed E-state index contributed by atoms with van der Waals surface area (Å²) in [6.45, 7) is 3.03. The Kier molecular flexibility index (Phi) is 6.46. The molecule has 0 fully saturated rings. The Morgan fingerprint density at radius 2 is 1.76 bits per heavy atom. The van der Waals surface area contributed by atoms with E-state index in [2.05, 4.69) is 10.3 Å². The second kappa shape index (κ2) is 9.21. The average molecular weight is 410 g/mol. The van der Waals surface area contributed by atoms with Crippen LogP contribution < -0.4 is 10.2 Å². The molecule has 3 rings (SSSR count). The molecule has 0 spiro atoms. The number of carboxylic acid groups (broad SMARTS) is 1. The van der Waals surface area contributed by atoms with Gasteiger partial charge < -0.3 is 15.3 Å². The van der Waals surface area contributed by atoms with E-state index in [4.69, 9.17) is 11.6 Å². The third-order valence-electron chi connectivity index (χ3n) is 4.37. The van der Waals surface area contributed by atoms with Gasteiger partial charge in [0.1, 0.15) is 11.4 Å². The summed E-state index contributed by atoms with van der Waals surface area (Å²) >= 11 is 6.05. The average Bonchev–Trinajstić information content (AvgIpc) is 2.73. The largest absolute Gasteiger partial charge is 0.478 e. The van der Waals surface area contributed by atoms with E-state index in [0.717, 1.165) is 5.56 Å². The topological polar surface area (TPSA) is 82.5 Å². The van der Waals surface area contributed by atoms with Crippen molar-refractivity contribution < 1.29 is 14.7 Å². The molecule has 0 aliphatic rings. The van der Waals surface area contributed by atoms with E-state index < -0.39 is 11.9 Å². The number of amides is 1. The highest BCUT2D eigenvalue weighted by atomic mass is 35.5. The molecule has 0 saturated carbocycles. The summed E-state index contributed by atoms with van der Waals surface area (Å²) in [5.41, 5.74) is 1.64. The molecule has 1 heterocycles. The van der Waals surface area contributed by atoms with Crippen LogP contribution in [0, 0.1) is 0 Å². The van der Waals surface area contributed by atoms with Crippen molar-refractivity contribution in [3.8, 4) is 0 Å². The SMILES string of the molecule is CCN(Cc1ccccc1)c1ncc(NC(=O)c2ccccc2Cl)cc1C(=O)O. The van der Waals surface area contributed by atoms with Crippen molar-refractivity contribution in [2.75, 3.05) is 16.8 Å². The number of rotatable bonds is 7. The summed E-state index contributed by atoms with van der Waals surface area (Å²) in [4.78, 5) is 30.5. The predicted molar refractivity (Wildman–Crippen MR) is 114 cm³/mol. The lowest BCUT2D eigenvalue weighted by atomic mass is 10.1. The highest BCUT2D eigenvalue weighted by Gasteiger charge is 2.19. The first-order valence-corrected chi connectivity index (χ1v) is 9.45. The highest BCUT2D eigenvalue weighted by molar-refractivity contribution is 6.34. The molecular weight excluding hydrogens is 390 g/mol. The van der Waals surface area contributed by atoms with E-state index in [1.807, 2.05) is 42.2 Å². The van der Waals surface area contributed by atoms with Crippen molar-refractivity contribution in [2.45, 2.75) is 13.5 Å². The van der Waals surface area contributed by atoms with E-state index in [1.54, 1.807) is 24.3 Å². The molecule has 29 heavy (non-hydrogen) atoms. The normalized spacial score (nSPS) is 10.4. The molecular formula is C22H20ClN3O3. The first-order valence-electron chi connectivity index (χ1n) is 9.07. The summed E-state index contributed by atoms with van der Waals surface area (Å²) < 4.78 is 0. The van der Waals surface area contributed by atoms with Crippen LogP contribution in [0.1, 0.15) is 33.2 Å². The minimum absolute atomic E-state index is 0.0136. The van der Waals surface area contributed by atoms with Gasteiger partial charge in [0.05, 0.1) is 22.5 Å². The number of hydrogen-bond acceptors (Lipinski definition) is 4. The van der Waals surface area contributed by atoms with E-state index in [9.17, 15) is 14.7 Å². The van der Waals surface area contributed by atoms with Crippen molar-refractivity contribution in [1.82, 2.24) is 4.98 Å². The van der Waals surface area contributed by atoms with Crippen LogP contribution in [0.5, 0.6) is 0 Å². The van der Waals surface area contributed by atoms with Gasteiger partial charge in [0.15, 0.2) is 0 Å². The number of aromatic nitrogens is 1. The third kappa shape index (κ3) is 4.92. The Morgan fingerprint density at radius 1 is 1.07 bits per heavy atom. The molecule has 0 radical (unpaired) electrons. The van der Waals surface area contributed by atoms with Gasteiger partial charge in [-0.3, -0.25) is 4.79 Å². The Hall–Kier alpha value is -3.38. The van der Waals surface area contributed by atoms with E-state index in [0.29, 0.717) is 29.5 Å². The molecule has 2 N–H and O–H groups in total. The fourth-order valence-electron chi connectivity index (χ4n) is 2.92. The fraction of sp³-hybridized carbons (Fsp3) is 0.136. The molecule has 1 aromatic heterocycles. The minimum atomic E-state index is -1.12. The summed E-state index contributed by atoms with van der Waals surface area (Å²) in [6.07, 6.45) is 1.45. The van der Waals surface area contributed by atoms with Crippen molar-refractivity contribution in [3.63, 3.8) is 0 Å². The van der Waals surface area contributed by atoms with Crippen LogP contribution in [0.15, 0.2) is 66.9 Å². The molecule has 0 atom stereocenters. The van der Waals surface area contributed by atoms with Gasteiger partial charge in [-0.2, -0.15) is 0 Å². The number of carbonyl (C=O) groups is 2. The number of halogens is 1. The molecule has 6 nitrogen and oxygen atoms in total. The van der Waals surface area contributed by atoms with Gasteiger partial charge in [-0.15, -0.1) is 0 Å². The van der Waals surface area contributed by atoms with Crippen LogP contribution >= 0.6 is 11.6 Å². The lowest BCUT2D eigenvalue weighted by molar-refractivity contribution is 0.0696. The van der Waals surface area contributed by atoms with Crippen molar-refractivity contribution in [3.05, 3.63) is 88.6 Å². The van der Waals surface area contributed by atoms with Gasteiger partial charge in [0.25, 0.3) is 5.91 Å². The van der Waals surface area contributed by atoms with Crippen molar-refractivity contribution >= 4 is 35.0 Å². The maximum absolute atomic E-state index is 12.5. The van der Waals surface area contributed by atoms with Gasteiger partial charge >= 0.3 is 5.97 Å². The predicted octanol–water partition coefficient (Wildman–Crippen LogP) is 4.71. The van der Waals surface area contributed by atoms with Crippen LogP contribution in [0.4, 0.5) is 11.5 Å². The highest BCUT2D eigenvalue weighted by Crippen LogP contribution is 2.24. The zero-order valence-corrected chi connectivity index (χ0v) is 16.6. The van der Waals surface area contributed by atoms with E-state index in [1.165, 1.54) is 12.3 Å². The Bertz CT molecular complexity index is 1020. The zero-order chi connectivity index (χ0) is 20.8. The summed E-state index contributed by atoms with van der Waals surface area (Å²) in [7, 11) is 0. The van der Waals surface area contributed by atoms with Crippen molar-refractivity contribution in [1.29, 1.82) is 0 Å². The summed E-state index contributed by atoms with van der Waals surface area (Å²) in [5.74, 6) is -1.20. The third-order valence-corrected chi connectivity index (χ3v) is 4.70. The first kappa shape index (κ1) is 20.4. The molecule has 0 saturated heterocycles. The number of carbonyl (C=O) groups excluding carboxylic acids is 1. The number of nitrogens with zero attached hydrogens (tertiary/aromatic N) is 2. The van der Waals surface area contributed by atoms with Gasteiger partial charge in [0.2, 0.25) is 0 Å². The van der Waals surface area contributed by atoms with Crippen LogP contribution in [0.3, 0.4) is 0 Å². The van der Waals surface area contributed by atoms with Crippen LogP contribution in [0.25, 0.3) is 0 Å². The first-order chi connectivity index (χ1) is 14.0. The van der Waals surface area contributed by atoms with E-state index in [-0.39, 0.29) is 11.3 Å². The molecule has 2 aromatic carbocycles. The van der Waals surface area contributed by atoms with E-state index >= 15 is 0 Å². The number of nitrogens with one attached hydrogen (secondary N) is 1. The Morgan fingerprint density at radius 3 is 2.41 bits per heavy atom. The molecule has 1 amide bonds. The van der Waals surface area contributed by atoms with Crippen molar-refractivity contribution in [2.24, 2.45) is 0 Å². The molecule has 148 valence electrons. The Balaban J connectivity index is 1.87. The van der Waals surface area contributed by atoms with Gasteiger partial charge in [-0.25, -0.2) is 9.78 Å². The van der Waals surface area contributed by atoms with Crippen LogP contribution in [-0.2, 0) is 6.54 Å². The maximum Gasteiger partial charge on any atom is 0.339 e. The van der Waals surface area contributed by atoms with Crippen LogP contribution in [-0.4, -0.2) is 28.5 Å². The smallest absolute Gasteiger partial charge is 0.339 e. The summed E-state index contributed by atoms with van der Waals surface area (Å²) in [5, 5.41) is 12.7. The number of benzene rings is 2. The standard InChI is InChI=1S/C22H20ClN3O3/c1-2-26(14-15-8-4-3-5-9-15)20-18(22(28)29)12-16(13-24-20)25-21(27)17-10-6-7-11-19(17)23/h3-13H,2,14H2,1H3,(H,25,27)(H,28,29). The molecule has 0 bridgehead atoms. The number of hydrogen-bond donors (Lipinski definition) is 2. The molecule has 7 heteroatoms. The Labute approximate surface area is 173 Å². The lowest BCUT2D eigenvalue weighted by Crippen LogP contribution is -2.25. The fourth-order valence-corrected chi connectivity index (χ4v) is 3.14. The number of pyridine rings is 1. The van der Waals surface area contributed by atoms with Gasteiger partial charge in [0, 0.05) is 13.1 Å². The lowest BCUT2D eigenvalue weighted by Gasteiger charge is -2.24. The number of anilines is 2. The second-order valence-corrected chi connectivity index (χ2v) is 6.74. The number of carboxylic acids is 1. The van der Waals surface area contributed by atoms with Gasteiger partial charge in [-0.05, 0) is 30.7 Å². The monoisotopic (exact) mass is 409 g/mol. The molecule has 0 aliphatic carbocycles. The molecule has 3 aromatic rings. The molecule has 0 aliphatic heterocycles. The minimum Gasteiger partial charge on any atom is -0.478 e.